The molecule has 0 saturated heterocycles. The van der Waals surface area contributed by atoms with E-state index in [4.69, 9.17) is 0 Å². The first-order valence-electron chi connectivity index (χ1n) is 8.71. The van der Waals surface area contributed by atoms with Gasteiger partial charge >= 0.3 is 0 Å². The summed E-state index contributed by atoms with van der Waals surface area (Å²) < 4.78 is 26.1. The van der Waals surface area contributed by atoms with Gasteiger partial charge < -0.3 is 10.6 Å². The maximum Gasteiger partial charge on any atom is 0.243 e. The van der Waals surface area contributed by atoms with Gasteiger partial charge in [0.05, 0.1) is 18.5 Å². The second-order valence-electron chi connectivity index (χ2n) is 6.45. The molecule has 5 nitrogen and oxygen atoms in total. The van der Waals surface area contributed by atoms with Crippen LogP contribution in [0.3, 0.4) is 0 Å². The van der Waals surface area contributed by atoms with E-state index in [0.29, 0.717) is 0 Å². The third-order valence-corrected chi connectivity index (χ3v) is 4.47. The summed E-state index contributed by atoms with van der Waals surface area (Å²) in [6.07, 6.45) is 0.0912. The van der Waals surface area contributed by atoms with Gasteiger partial charge in [0.2, 0.25) is 11.8 Å². The SMILES string of the molecule is Cc1nc2ccccc2c(C)c1CC(=O)NCC(=O)Nc1ccc(F)c(F)c1. The van der Waals surface area contributed by atoms with E-state index in [1.807, 2.05) is 38.1 Å². The number of hydrogen-bond acceptors (Lipinski definition) is 3. The van der Waals surface area contributed by atoms with Gasteiger partial charge in [0.1, 0.15) is 0 Å². The van der Waals surface area contributed by atoms with E-state index in [-0.39, 0.29) is 24.6 Å². The lowest BCUT2D eigenvalue weighted by Gasteiger charge is -2.13. The Bertz CT molecular complexity index is 1070. The fourth-order valence-corrected chi connectivity index (χ4v) is 3.01. The molecule has 28 heavy (non-hydrogen) atoms. The second kappa shape index (κ2) is 8.12. The molecular weight excluding hydrogens is 364 g/mol. The van der Waals surface area contributed by atoms with E-state index in [0.717, 1.165) is 39.9 Å². The first kappa shape index (κ1) is 19.4. The molecule has 7 heteroatoms. The van der Waals surface area contributed by atoms with Crippen LogP contribution < -0.4 is 10.6 Å². The number of halogens is 2. The maximum atomic E-state index is 13.2. The Morgan fingerprint density at radius 3 is 2.50 bits per heavy atom. The fraction of sp³-hybridized carbons (Fsp3) is 0.190. The Morgan fingerprint density at radius 2 is 1.75 bits per heavy atom. The Balaban J connectivity index is 1.62. The van der Waals surface area contributed by atoms with Crippen molar-refractivity contribution in [2.45, 2.75) is 20.3 Å². The number of fused-ring (bicyclic) bond motifs is 1. The molecule has 0 bridgehead atoms. The quantitative estimate of drug-likeness (QED) is 0.709. The summed E-state index contributed by atoms with van der Waals surface area (Å²) in [4.78, 5) is 28.7. The topological polar surface area (TPSA) is 71.1 Å². The average Bonchev–Trinajstić information content (AvgIpc) is 2.66. The summed E-state index contributed by atoms with van der Waals surface area (Å²) in [6.45, 7) is 3.50. The van der Waals surface area contributed by atoms with Crippen molar-refractivity contribution in [1.29, 1.82) is 0 Å². The van der Waals surface area contributed by atoms with Gasteiger partial charge in [0.25, 0.3) is 0 Å². The predicted octanol–water partition coefficient (Wildman–Crippen LogP) is 3.43. The second-order valence-corrected chi connectivity index (χ2v) is 6.45. The van der Waals surface area contributed by atoms with E-state index in [1.54, 1.807) is 0 Å². The Kier molecular flexibility index (Phi) is 5.63. The van der Waals surface area contributed by atoms with Crippen LogP contribution in [0, 0.1) is 25.5 Å². The number of amides is 2. The van der Waals surface area contributed by atoms with Gasteiger partial charge in [0, 0.05) is 22.8 Å². The lowest BCUT2D eigenvalue weighted by Crippen LogP contribution is -2.34. The van der Waals surface area contributed by atoms with E-state index in [2.05, 4.69) is 15.6 Å². The minimum absolute atomic E-state index is 0.0912. The number of carbonyl (C=O) groups excluding carboxylic acids is 2. The normalized spacial score (nSPS) is 10.7. The third kappa shape index (κ3) is 4.31. The van der Waals surface area contributed by atoms with E-state index in [9.17, 15) is 18.4 Å². The molecule has 0 spiro atoms. The van der Waals surface area contributed by atoms with Crippen molar-refractivity contribution in [3.8, 4) is 0 Å². The molecule has 0 fully saturated rings. The number of hydrogen-bond donors (Lipinski definition) is 2. The number of carbonyl (C=O) groups is 2. The predicted molar refractivity (Wildman–Crippen MR) is 103 cm³/mol. The molecule has 2 aromatic carbocycles. The molecule has 3 rings (SSSR count). The monoisotopic (exact) mass is 383 g/mol. The van der Waals surface area contributed by atoms with Crippen LogP contribution in [-0.2, 0) is 16.0 Å². The lowest BCUT2D eigenvalue weighted by atomic mass is 9.99. The lowest BCUT2D eigenvalue weighted by molar-refractivity contribution is -0.123. The highest BCUT2D eigenvalue weighted by atomic mass is 19.2. The van der Waals surface area contributed by atoms with Gasteiger partial charge in [-0.3, -0.25) is 14.6 Å². The number of benzene rings is 2. The molecule has 0 aliphatic heterocycles. The number of nitrogens with zero attached hydrogens (tertiary/aromatic N) is 1. The highest BCUT2D eigenvalue weighted by Gasteiger charge is 2.14. The van der Waals surface area contributed by atoms with Crippen molar-refractivity contribution in [1.82, 2.24) is 10.3 Å². The van der Waals surface area contributed by atoms with Crippen molar-refractivity contribution in [3.05, 3.63) is 70.9 Å². The van der Waals surface area contributed by atoms with Crippen LogP contribution in [-0.4, -0.2) is 23.3 Å². The summed E-state index contributed by atoms with van der Waals surface area (Å²) in [5, 5.41) is 5.92. The van der Waals surface area contributed by atoms with E-state index >= 15 is 0 Å². The summed E-state index contributed by atoms with van der Waals surface area (Å²) in [5.41, 5.74) is 3.54. The molecule has 3 aromatic rings. The molecule has 0 unspecified atom stereocenters. The first-order valence-corrected chi connectivity index (χ1v) is 8.71. The molecule has 2 N–H and O–H groups in total. The molecule has 2 amide bonds. The van der Waals surface area contributed by atoms with Crippen LogP contribution in [0.25, 0.3) is 10.9 Å². The first-order chi connectivity index (χ1) is 13.3. The molecule has 0 radical (unpaired) electrons. The van der Waals surface area contributed by atoms with Crippen LogP contribution in [0.2, 0.25) is 0 Å². The summed E-state index contributed by atoms with van der Waals surface area (Å²) in [5.74, 6) is -2.93. The minimum atomic E-state index is -1.06. The van der Waals surface area contributed by atoms with Crippen molar-refractivity contribution in [2.75, 3.05) is 11.9 Å². The van der Waals surface area contributed by atoms with Crippen LogP contribution in [0.15, 0.2) is 42.5 Å². The van der Waals surface area contributed by atoms with Gasteiger partial charge in [0.15, 0.2) is 11.6 Å². The Labute approximate surface area is 160 Å². The van der Waals surface area contributed by atoms with Crippen LogP contribution in [0.5, 0.6) is 0 Å². The standard InChI is InChI=1S/C21H19F2N3O2/c1-12-15-5-3-4-6-19(15)25-13(2)16(12)10-20(27)24-11-21(28)26-14-7-8-17(22)18(23)9-14/h3-9H,10-11H2,1-2H3,(H,24,27)(H,26,28). The number of aryl methyl sites for hydroxylation is 2. The number of nitrogens with one attached hydrogen (secondary N) is 2. The molecule has 144 valence electrons. The van der Waals surface area contributed by atoms with Gasteiger partial charge in [-0.05, 0) is 43.2 Å². The summed E-state index contributed by atoms with van der Waals surface area (Å²) in [7, 11) is 0. The van der Waals surface area contributed by atoms with E-state index < -0.39 is 17.5 Å². The van der Waals surface area contributed by atoms with Crippen molar-refractivity contribution >= 4 is 28.4 Å². The highest BCUT2D eigenvalue weighted by molar-refractivity contribution is 5.95. The minimum Gasteiger partial charge on any atom is -0.347 e. The highest BCUT2D eigenvalue weighted by Crippen LogP contribution is 2.22. The fourth-order valence-electron chi connectivity index (χ4n) is 3.01. The van der Waals surface area contributed by atoms with E-state index in [1.165, 1.54) is 6.07 Å². The zero-order valence-corrected chi connectivity index (χ0v) is 15.5. The zero-order chi connectivity index (χ0) is 20.3. The molecular formula is C21H19F2N3O2. The zero-order valence-electron chi connectivity index (χ0n) is 15.5. The van der Waals surface area contributed by atoms with Crippen molar-refractivity contribution in [3.63, 3.8) is 0 Å². The molecule has 0 aliphatic carbocycles. The third-order valence-electron chi connectivity index (χ3n) is 4.47. The van der Waals surface area contributed by atoms with Gasteiger partial charge in [-0.1, -0.05) is 18.2 Å². The molecule has 0 aliphatic rings. The number of para-hydroxylation sites is 1. The smallest absolute Gasteiger partial charge is 0.243 e. The maximum absolute atomic E-state index is 13.2. The van der Waals surface area contributed by atoms with Gasteiger partial charge in [-0.25, -0.2) is 8.78 Å². The van der Waals surface area contributed by atoms with Gasteiger partial charge in [-0.2, -0.15) is 0 Å². The summed E-state index contributed by atoms with van der Waals surface area (Å²) in [6, 6.07) is 10.7. The number of aromatic nitrogens is 1. The molecule has 1 aromatic heterocycles. The summed E-state index contributed by atoms with van der Waals surface area (Å²) >= 11 is 0. The largest absolute Gasteiger partial charge is 0.347 e. The number of rotatable bonds is 5. The molecule has 0 saturated carbocycles. The molecule has 1 heterocycles. The Hall–Kier alpha value is -3.35. The Morgan fingerprint density at radius 1 is 1.00 bits per heavy atom. The van der Waals surface area contributed by atoms with Gasteiger partial charge in [-0.15, -0.1) is 0 Å². The van der Waals surface area contributed by atoms with Crippen LogP contribution in [0.4, 0.5) is 14.5 Å². The number of pyridine rings is 1. The van der Waals surface area contributed by atoms with Crippen molar-refractivity contribution < 1.29 is 18.4 Å². The molecule has 0 atom stereocenters. The van der Waals surface area contributed by atoms with Crippen molar-refractivity contribution in [2.24, 2.45) is 0 Å². The number of anilines is 1. The average molecular weight is 383 g/mol. The van der Waals surface area contributed by atoms with Crippen LogP contribution in [0.1, 0.15) is 16.8 Å². The van der Waals surface area contributed by atoms with Crippen LogP contribution >= 0.6 is 0 Å².